The number of nitrogens with zero attached hydrogens (tertiary/aromatic N) is 1. The van der Waals surface area contributed by atoms with Crippen LogP contribution in [-0.2, 0) is 6.42 Å². The highest BCUT2D eigenvalue weighted by atomic mass is 32.1. The molecule has 20 heavy (non-hydrogen) atoms. The first-order valence-corrected chi connectivity index (χ1v) is 7.63. The van der Waals surface area contributed by atoms with Crippen LogP contribution in [0, 0.1) is 13.8 Å². The van der Waals surface area contributed by atoms with Gasteiger partial charge in [0.1, 0.15) is 10.6 Å². The van der Waals surface area contributed by atoms with E-state index < -0.39 is 5.97 Å². The number of nitrogens with one attached hydrogen (secondary N) is 1. The molecular formula is C13H14N2O3S2. The van der Waals surface area contributed by atoms with Crippen molar-refractivity contribution in [2.45, 2.75) is 27.2 Å². The van der Waals surface area contributed by atoms with Crippen LogP contribution in [0.4, 0.5) is 5.00 Å². The fourth-order valence-corrected chi connectivity index (χ4v) is 3.65. The van der Waals surface area contributed by atoms with E-state index in [2.05, 4.69) is 9.69 Å². The third-order valence-electron chi connectivity index (χ3n) is 2.87. The van der Waals surface area contributed by atoms with E-state index >= 15 is 0 Å². The van der Waals surface area contributed by atoms with Crippen molar-refractivity contribution >= 4 is 39.7 Å². The topological polar surface area (TPSA) is 79.3 Å². The fourth-order valence-electron chi connectivity index (χ4n) is 1.85. The number of carbonyl (C=O) groups is 2. The number of amides is 1. The monoisotopic (exact) mass is 310 g/mol. The molecule has 0 unspecified atom stereocenters. The van der Waals surface area contributed by atoms with Crippen molar-refractivity contribution in [1.82, 2.24) is 4.37 Å². The molecule has 7 heteroatoms. The second kappa shape index (κ2) is 5.72. The summed E-state index contributed by atoms with van der Waals surface area (Å²) in [5, 5.41) is 12.0. The van der Waals surface area contributed by atoms with Crippen LogP contribution in [-0.4, -0.2) is 21.4 Å². The molecule has 0 saturated heterocycles. The van der Waals surface area contributed by atoms with Crippen LogP contribution in [0.25, 0.3) is 0 Å². The van der Waals surface area contributed by atoms with E-state index in [1.807, 2.05) is 19.9 Å². The van der Waals surface area contributed by atoms with Crippen molar-refractivity contribution in [3.8, 4) is 0 Å². The van der Waals surface area contributed by atoms with Gasteiger partial charge in [-0.25, -0.2) is 4.79 Å². The first-order chi connectivity index (χ1) is 9.43. The fraction of sp³-hybridized carbons (Fsp3) is 0.308. The summed E-state index contributed by atoms with van der Waals surface area (Å²) < 4.78 is 3.97. The lowest BCUT2D eigenvalue weighted by molar-refractivity contribution is 0.0697. The highest BCUT2D eigenvalue weighted by Gasteiger charge is 2.20. The van der Waals surface area contributed by atoms with Gasteiger partial charge in [-0.1, -0.05) is 6.92 Å². The minimum absolute atomic E-state index is 0.0624. The molecule has 0 aromatic carbocycles. The Kier molecular flexibility index (Phi) is 4.20. The first-order valence-electron chi connectivity index (χ1n) is 6.04. The standard InChI is InChI=1S/C13H14N2O3S2/c1-4-8-6(2)5-9(19-8)11(16)14-12-10(13(17)18)7(3)15-20-12/h5H,4H2,1-3H3,(H,14,16)(H,17,18). The van der Waals surface area contributed by atoms with Crippen LogP contribution >= 0.6 is 22.9 Å². The van der Waals surface area contributed by atoms with E-state index in [1.165, 1.54) is 11.3 Å². The number of carboxylic acid groups (broad SMARTS) is 1. The van der Waals surface area contributed by atoms with Gasteiger partial charge in [0, 0.05) is 4.88 Å². The molecule has 0 radical (unpaired) electrons. The molecule has 2 heterocycles. The SMILES string of the molecule is CCc1sc(C(=O)Nc2snc(C)c2C(=O)O)cc1C. The maximum absolute atomic E-state index is 12.2. The van der Waals surface area contributed by atoms with Crippen molar-refractivity contribution in [3.63, 3.8) is 0 Å². The molecule has 5 nitrogen and oxygen atoms in total. The quantitative estimate of drug-likeness (QED) is 0.907. The van der Waals surface area contributed by atoms with Gasteiger partial charge in [0.05, 0.1) is 10.6 Å². The molecule has 2 N–H and O–H groups in total. The van der Waals surface area contributed by atoms with Gasteiger partial charge in [-0.2, -0.15) is 4.37 Å². The second-order valence-electron chi connectivity index (χ2n) is 4.30. The maximum Gasteiger partial charge on any atom is 0.340 e. The van der Waals surface area contributed by atoms with Gasteiger partial charge in [-0.3, -0.25) is 4.79 Å². The van der Waals surface area contributed by atoms with Crippen LogP contribution in [0.1, 0.15) is 43.1 Å². The number of thiophene rings is 1. The Morgan fingerprint density at radius 2 is 2.10 bits per heavy atom. The molecular weight excluding hydrogens is 296 g/mol. The summed E-state index contributed by atoms with van der Waals surface area (Å²) in [5.74, 6) is -1.37. The zero-order valence-corrected chi connectivity index (χ0v) is 12.9. The van der Waals surface area contributed by atoms with Crippen molar-refractivity contribution < 1.29 is 14.7 Å². The predicted molar refractivity (Wildman–Crippen MR) is 80.2 cm³/mol. The minimum Gasteiger partial charge on any atom is -0.478 e. The van der Waals surface area contributed by atoms with E-state index in [-0.39, 0.29) is 16.5 Å². The van der Waals surface area contributed by atoms with Crippen molar-refractivity contribution in [3.05, 3.63) is 32.6 Å². The number of aromatic nitrogens is 1. The smallest absolute Gasteiger partial charge is 0.340 e. The number of aryl methyl sites for hydroxylation is 3. The number of aromatic carboxylic acids is 1. The molecule has 0 fully saturated rings. The summed E-state index contributed by atoms with van der Waals surface area (Å²) in [6.07, 6.45) is 0.879. The summed E-state index contributed by atoms with van der Waals surface area (Å²) >= 11 is 2.42. The molecule has 0 aliphatic rings. The number of hydrogen-bond donors (Lipinski definition) is 2. The van der Waals surface area contributed by atoms with Gasteiger partial charge in [0.15, 0.2) is 0 Å². The Morgan fingerprint density at radius 1 is 1.40 bits per heavy atom. The van der Waals surface area contributed by atoms with E-state index in [0.29, 0.717) is 10.6 Å². The van der Waals surface area contributed by atoms with Crippen LogP contribution < -0.4 is 5.32 Å². The zero-order chi connectivity index (χ0) is 14.9. The lowest BCUT2D eigenvalue weighted by Gasteiger charge is -2.01. The summed E-state index contributed by atoms with van der Waals surface area (Å²) in [4.78, 5) is 25.1. The molecule has 0 atom stereocenters. The Balaban J connectivity index is 2.25. The molecule has 0 aliphatic carbocycles. The summed E-state index contributed by atoms with van der Waals surface area (Å²) in [6, 6.07) is 1.83. The van der Waals surface area contributed by atoms with Gasteiger partial charge in [0.2, 0.25) is 0 Å². The molecule has 2 aromatic rings. The van der Waals surface area contributed by atoms with Crippen LogP contribution in [0.2, 0.25) is 0 Å². The molecule has 106 valence electrons. The van der Waals surface area contributed by atoms with E-state index in [9.17, 15) is 9.59 Å². The highest BCUT2D eigenvalue weighted by Crippen LogP contribution is 2.27. The Hall–Kier alpha value is -1.73. The predicted octanol–water partition coefficient (Wildman–Crippen LogP) is 3.33. The average molecular weight is 310 g/mol. The van der Waals surface area contributed by atoms with E-state index in [1.54, 1.807) is 6.92 Å². The van der Waals surface area contributed by atoms with Crippen LogP contribution in [0.15, 0.2) is 6.07 Å². The Morgan fingerprint density at radius 3 is 2.65 bits per heavy atom. The molecule has 1 amide bonds. The molecule has 2 rings (SSSR count). The van der Waals surface area contributed by atoms with Crippen molar-refractivity contribution in [1.29, 1.82) is 0 Å². The molecule has 0 spiro atoms. The van der Waals surface area contributed by atoms with Crippen molar-refractivity contribution in [2.75, 3.05) is 5.32 Å². The third kappa shape index (κ3) is 2.73. The average Bonchev–Trinajstić information content (AvgIpc) is 2.92. The third-order valence-corrected chi connectivity index (χ3v) is 5.10. The maximum atomic E-state index is 12.2. The number of carboxylic acids is 1. The highest BCUT2D eigenvalue weighted by molar-refractivity contribution is 7.14. The Bertz CT molecular complexity index is 673. The van der Waals surface area contributed by atoms with Crippen LogP contribution in [0.3, 0.4) is 0 Å². The van der Waals surface area contributed by atoms with E-state index in [4.69, 9.17) is 5.11 Å². The Labute approximate surface area is 124 Å². The van der Waals surface area contributed by atoms with Gasteiger partial charge in [-0.15, -0.1) is 11.3 Å². The van der Waals surface area contributed by atoms with Crippen molar-refractivity contribution in [2.24, 2.45) is 0 Å². The largest absolute Gasteiger partial charge is 0.478 e. The minimum atomic E-state index is -1.08. The van der Waals surface area contributed by atoms with Gasteiger partial charge in [-0.05, 0) is 43.4 Å². The lowest BCUT2D eigenvalue weighted by Crippen LogP contribution is -2.12. The summed E-state index contributed by atoms with van der Waals surface area (Å²) in [6.45, 7) is 5.61. The van der Waals surface area contributed by atoms with E-state index in [0.717, 1.165) is 28.4 Å². The number of rotatable bonds is 4. The van der Waals surface area contributed by atoms with Gasteiger partial charge in [0.25, 0.3) is 5.91 Å². The zero-order valence-electron chi connectivity index (χ0n) is 11.3. The van der Waals surface area contributed by atoms with Crippen LogP contribution in [0.5, 0.6) is 0 Å². The molecule has 2 aromatic heterocycles. The number of anilines is 1. The number of carbonyl (C=O) groups excluding carboxylic acids is 1. The molecule has 0 aliphatic heterocycles. The summed E-state index contributed by atoms with van der Waals surface area (Å²) in [5.41, 5.74) is 1.56. The lowest BCUT2D eigenvalue weighted by atomic mass is 10.2. The first kappa shape index (κ1) is 14.7. The number of hydrogen-bond acceptors (Lipinski definition) is 5. The van der Waals surface area contributed by atoms with Gasteiger partial charge < -0.3 is 10.4 Å². The molecule has 0 saturated carbocycles. The van der Waals surface area contributed by atoms with Gasteiger partial charge >= 0.3 is 5.97 Å². The summed E-state index contributed by atoms with van der Waals surface area (Å²) in [7, 11) is 0. The second-order valence-corrected chi connectivity index (χ2v) is 6.21. The normalized spacial score (nSPS) is 10.6. The molecule has 0 bridgehead atoms.